The van der Waals surface area contributed by atoms with Gasteiger partial charge in [-0.1, -0.05) is 6.92 Å². The van der Waals surface area contributed by atoms with E-state index in [9.17, 15) is 9.59 Å². The number of hydrogen-bond acceptors (Lipinski definition) is 5. The summed E-state index contributed by atoms with van der Waals surface area (Å²) in [6.45, 7) is 6.80. The Kier molecular flexibility index (Phi) is 5.72. The van der Waals surface area contributed by atoms with Gasteiger partial charge in [-0.15, -0.1) is 0 Å². The molecule has 1 aromatic heterocycles. The first-order valence-electron chi connectivity index (χ1n) is 7.50. The lowest BCUT2D eigenvalue weighted by Gasteiger charge is -2.32. The Labute approximate surface area is 123 Å². The van der Waals surface area contributed by atoms with Crippen LogP contribution >= 0.6 is 0 Å². The lowest BCUT2D eigenvalue weighted by molar-refractivity contribution is -0.0350. The topological polar surface area (TPSA) is 82.5 Å². The monoisotopic (exact) mass is 296 g/mol. The predicted molar refractivity (Wildman–Crippen MR) is 80.5 cm³/mol. The van der Waals surface area contributed by atoms with Crippen LogP contribution in [0.15, 0.2) is 21.9 Å². The normalized spacial score (nSPS) is 19.8. The predicted octanol–water partition coefficient (Wildman–Crippen LogP) is -0.920. The standard InChI is InChI=1S/C14H24N4O3/c1-2-16-8-9-21-12(10-16)11-17-7-4-13(19)18(14(17)20)6-3-5-15/h4,7,12H,2-3,5-6,8-11,15H2,1H3. The molecule has 2 heterocycles. The minimum absolute atomic E-state index is 0.0168. The molecule has 1 aliphatic heterocycles. The summed E-state index contributed by atoms with van der Waals surface area (Å²) in [7, 11) is 0. The Hall–Kier alpha value is -1.44. The third-order valence-electron chi connectivity index (χ3n) is 3.80. The van der Waals surface area contributed by atoms with Crippen LogP contribution in [0.3, 0.4) is 0 Å². The molecular weight excluding hydrogens is 272 g/mol. The SMILES string of the molecule is CCN1CCOC(Cn2ccc(=O)n(CCCN)c2=O)C1. The van der Waals surface area contributed by atoms with Gasteiger partial charge in [0, 0.05) is 31.9 Å². The first kappa shape index (κ1) is 15.9. The van der Waals surface area contributed by atoms with E-state index in [4.69, 9.17) is 10.5 Å². The molecule has 118 valence electrons. The van der Waals surface area contributed by atoms with E-state index < -0.39 is 0 Å². The van der Waals surface area contributed by atoms with Crippen LogP contribution in [0.2, 0.25) is 0 Å². The van der Waals surface area contributed by atoms with Crippen molar-refractivity contribution in [3.63, 3.8) is 0 Å². The van der Waals surface area contributed by atoms with Gasteiger partial charge in [0.2, 0.25) is 0 Å². The number of rotatable bonds is 6. The zero-order chi connectivity index (χ0) is 15.2. The van der Waals surface area contributed by atoms with Crippen LogP contribution in [0.1, 0.15) is 13.3 Å². The van der Waals surface area contributed by atoms with Crippen molar-refractivity contribution in [3.05, 3.63) is 33.1 Å². The quantitative estimate of drug-likeness (QED) is 0.734. The molecule has 0 radical (unpaired) electrons. The van der Waals surface area contributed by atoms with Crippen molar-refractivity contribution in [2.24, 2.45) is 5.73 Å². The number of hydrogen-bond donors (Lipinski definition) is 1. The van der Waals surface area contributed by atoms with Crippen molar-refractivity contribution < 1.29 is 4.74 Å². The van der Waals surface area contributed by atoms with E-state index in [1.54, 1.807) is 10.8 Å². The van der Waals surface area contributed by atoms with Gasteiger partial charge in [-0.25, -0.2) is 4.79 Å². The molecule has 0 saturated carbocycles. The van der Waals surface area contributed by atoms with Crippen LogP contribution in [0.25, 0.3) is 0 Å². The second-order valence-corrected chi connectivity index (χ2v) is 5.27. The van der Waals surface area contributed by atoms with Gasteiger partial charge in [0.25, 0.3) is 5.56 Å². The molecule has 21 heavy (non-hydrogen) atoms. The fourth-order valence-corrected chi connectivity index (χ4v) is 2.55. The van der Waals surface area contributed by atoms with Crippen LogP contribution in [0.5, 0.6) is 0 Å². The largest absolute Gasteiger partial charge is 0.374 e. The number of nitrogens with two attached hydrogens (primary N) is 1. The molecule has 2 N–H and O–H groups in total. The van der Waals surface area contributed by atoms with E-state index in [0.29, 0.717) is 32.7 Å². The van der Waals surface area contributed by atoms with Crippen molar-refractivity contribution >= 4 is 0 Å². The highest BCUT2D eigenvalue weighted by Crippen LogP contribution is 2.06. The molecule has 7 heteroatoms. The number of ether oxygens (including phenoxy) is 1. The van der Waals surface area contributed by atoms with Crippen LogP contribution in [-0.4, -0.2) is 52.9 Å². The third kappa shape index (κ3) is 4.03. The molecule has 0 spiro atoms. The van der Waals surface area contributed by atoms with Crippen molar-refractivity contribution in [2.45, 2.75) is 32.5 Å². The maximum atomic E-state index is 12.3. The minimum Gasteiger partial charge on any atom is -0.374 e. The van der Waals surface area contributed by atoms with E-state index in [0.717, 1.165) is 19.6 Å². The summed E-state index contributed by atoms with van der Waals surface area (Å²) in [4.78, 5) is 26.4. The molecule has 0 aromatic carbocycles. The van der Waals surface area contributed by atoms with Crippen molar-refractivity contribution in [3.8, 4) is 0 Å². The zero-order valence-corrected chi connectivity index (χ0v) is 12.5. The Morgan fingerprint density at radius 3 is 2.95 bits per heavy atom. The molecule has 1 aliphatic rings. The van der Waals surface area contributed by atoms with E-state index in [-0.39, 0.29) is 17.4 Å². The molecule has 1 saturated heterocycles. The van der Waals surface area contributed by atoms with Gasteiger partial charge in [-0.3, -0.25) is 18.8 Å². The van der Waals surface area contributed by atoms with Gasteiger partial charge in [0.15, 0.2) is 0 Å². The summed E-state index contributed by atoms with van der Waals surface area (Å²) in [5.41, 5.74) is 4.89. The lowest BCUT2D eigenvalue weighted by atomic mass is 10.2. The minimum atomic E-state index is -0.284. The van der Waals surface area contributed by atoms with E-state index in [1.807, 2.05) is 0 Å². The summed E-state index contributed by atoms with van der Waals surface area (Å²) in [6.07, 6.45) is 2.15. The fraction of sp³-hybridized carbons (Fsp3) is 0.714. The maximum Gasteiger partial charge on any atom is 0.331 e. The first-order valence-corrected chi connectivity index (χ1v) is 7.50. The average Bonchev–Trinajstić information content (AvgIpc) is 2.50. The van der Waals surface area contributed by atoms with E-state index in [2.05, 4.69) is 11.8 Å². The van der Waals surface area contributed by atoms with Crippen LogP contribution < -0.4 is 17.0 Å². The molecule has 0 bridgehead atoms. The van der Waals surface area contributed by atoms with Gasteiger partial charge < -0.3 is 10.5 Å². The van der Waals surface area contributed by atoms with Gasteiger partial charge in [0.1, 0.15) is 0 Å². The molecule has 0 aliphatic carbocycles. The van der Waals surface area contributed by atoms with Crippen LogP contribution in [0.4, 0.5) is 0 Å². The molecule has 2 rings (SSSR count). The summed E-state index contributed by atoms with van der Waals surface area (Å²) in [5.74, 6) is 0. The number of nitrogens with zero attached hydrogens (tertiary/aromatic N) is 3. The molecule has 1 aromatic rings. The number of likely N-dealkylation sites (N-methyl/N-ethyl adjacent to an activating group) is 1. The molecule has 1 unspecified atom stereocenters. The van der Waals surface area contributed by atoms with Gasteiger partial charge >= 0.3 is 5.69 Å². The average molecular weight is 296 g/mol. The summed E-state index contributed by atoms with van der Waals surface area (Å²) >= 11 is 0. The maximum absolute atomic E-state index is 12.3. The molecule has 7 nitrogen and oxygen atoms in total. The summed E-state index contributed by atoms with van der Waals surface area (Å²) in [6, 6.07) is 1.43. The number of aromatic nitrogens is 2. The third-order valence-corrected chi connectivity index (χ3v) is 3.80. The zero-order valence-electron chi connectivity index (χ0n) is 12.5. The van der Waals surface area contributed by atoms with Crippen LogP contribution in [-0.2, 0) is 17.8 Å². The first-order chi connectivity index (χ1) is 10.2. The molecule has 0 amide bonds. The molecule has 1 fully saturated rings. The smallest absolute Gasteiger partial charge is 0.331 e. The highest BCUT2D eigenvalue weighted by atomic mass is 16.5. The highest BCUT2D eigenvalue weighted by Gasteiger charge is 2.20. The van der Waals surface area contributed by atoms with Crippen molar-refractivity contribution in [2.75, 3.05) is 32.8 Å². The fourth-order valence-electron chi connectivity index (χ4n) is 2.55. The van der Waals surface area contributed by atoms with Crippen molar-refractivity contribution in [1.82, 2.24) is 14.0 Å². The van der Waals surface area contributed by atoms with Gasteiger partial charge in [-0.2, -0.15) is 0 Å². The van der Waals surface area contributed by atoms with Gasteiger partial charge in [0.05, 0.1) is 19.3 Å². The van der Waals surface area contributed by atoms with Gasteiger partial charge in [-0.05, 0) is 19.5 Å². The summed E-state index contributed by atoms with van der Waals surface area (Å²) in [5, 5.41) is 0. The van der Waals surface area contributed by atoms with Crippen LogP contribution in [0, 0.1) is 0 Å². The van der Waals surface area contributed by atoms with E-state index in [1.165, 1.54) is 10.6 Å². The second-order valence-electron chi connectivity index (χ2n) is 5.27. The molecular formula is C14H24N4O3. The van der Waals surface area contributed by atoms with Crippen molar-refractivity contribution in [1.29, 1.82) is 0 Å². The molecule has 1 atom stereocenters. The van der Waals surface area contributed by atoms with E-state index >= 15 is 0 Å². The second kappa shape index (κ2) is 7.53. The number of morpholine rings is 1. The Balaban J connectivity index is 2.13. The summed E-state index contributed by atoms with van der Waals surface area (Å²) < 4.78 is 8.51. The Morgan fingerprint density at radius 1 is 1.43 bits per heavy atom. The Bertz CT molecular complexity index is 566. The highest BCUT2D eigenvalue weighted by molar-refractivity contribution is 4.87. The lowest BCUT2D eigenvalue weighted by Crippen LogP contribution is -2.47. The Morgan fingerprint density at radius 2 is 2.24 bits per heavy atom.